The Morgan fingerprint density at radius 3 is 2.54 bits per heavy atom. The number of amides is 1. The van der Waals surface area contributed by atoms with Gasteiger partial charge in [-0.05, 0) is 25.7 Å². The highest BCUT2D eigenvalue weighted by atomic mass is 32.2. The van der Waals surface area contributed by atoms with E-state index in [4.69, 9.17) is 0 Å². The fourth-order valence-electron chi connectivity index (χ4n) is 3.55. The summed E-state index contributed by atoms with van der Waals surface area (Å²) in [6.45, 7) is 7.61. The summed E-state index contributed by atoms with van der Waals surface area (Å²) in [6, 6.07) is -0.0324. The summed E-state index contributed by atoms with van der Waals surface area (Å²) in [4.78, 5) is 20.2. The van der Waals surface area contributed by atoms with Crippen LogP contribution in [0.2, 0.25) is 0 Å². The second-order valence-electron chi connectivity index (χ2n) is 7.26. The molecular formula is C16H25N3O3S2. The Kier molecular flexibility index (Phi) is 4.74. The van der Waals surface area contributed by atoms with Gasteiger partial charge in [-0.15, -0.1) is 11.3 Å². The highest BCUT2D eigenvalue weighted by Gasteiger charge is 2.40. The normalized spacial score (nSPS) is 25.3. The van der Waals surface area contributed by atoms with Crippen LogP contribution in [0, 0.1) is 12.8 Å². The number of carbonyl (C=O) groups excluding carboxylic acids is 1. The number of aromatic nitrogens is 1. The van der Waals surface area contributed by atoms with Crippen molar-refractivity contribution in [2.45, 2.75) is 45.6 Å². The minimum atomic E-state index is -3.22. The van der Waals surface area contributed by atoms with Crippen LogP contribution in [0.25, 0.3) is 0 Å². The van der Waals surface area contributed by atoms with Crippen LogP contribution < -0.4 is 0 Å². The Morgan fingerprint density at radius 2 is 1.96 bits per heavy atom. The van der Waals surface area contributed by atoms with E-state index in [-0.39, 0.29) is 17.9 Å². The molecule has 3 aliphatic heterocycles. The molecule has 24 heavy (non-hydrogen) atoms. The topological polar surface area (TPSA) is 70.6 Å². The fraction of sp³-hybridized carbons (Fsp3) is 0.750. The lowest BCUT2D eigenvalue weighted by atomic mass is 9.95. The molecule has 2 atom stereocenters. The summed E-state index contributed by atoms with van der Waals surface area (Å²) in [5.41, 5.74) is 0.786. The van der Waals surface area contributed by atoms with E-state index in [1.165, 1.54) is 17.6 Å². The third-order valence-electron chi connectivity index (χ3n) is 4.91. The zero-order chi connectivity index (χ0) is 17.6. The van der Waals surface area contributed by atoms with E-state index in [0.717, 1.165) is 23.5 Å². The second-order valence-corrected chi connectivity index (χ2v) is 10.3. The van der Waals surface area contributed by atoms with Gasteiger partial charge < -0.3 is 4.90 Å². The summed E-state index contributed by atoms with van der Waals surface area (Å²) < 4.78 is 25.4. The molecule has 4 rings (SSSR count). The molecule has 0 aromatic carbocycles. The van der Waals surface area contributed by atoms with Gasteiger partial charge in [0.05, 0.1) is 17.0 Å². The fourth-order valence-corrected chi connectivity index (χ4v) is 5.50. The molecule has 0 N–H and O–H groups in total. The summed E-state index contributed by atoms with van der Waals surface area (Å²) in [6.07, 6.45) is 3.11. The monoisotopic (exact) mass is 371 g/mol. The zero-order valence-corrected chi connectivity index (χ0v) is 16.3. The van der Waals surface area contributed by atoms with Gasteiger partial charge in [0.1, 0.15) is 4.88 Å². The molecule has 3 aliphatic rings. The van der Waals surface area contributed by atoms with Crippen LogP contribution in [-0.4, -0.2) is 60.4 Å². The Labute approximate surface area is 147 Å². The Morgan fingerprint density at radius 1 is 1.25 bits per heavy atom. The number of rotatable bonds is 3. The van der Waals surface area contributed by atoms with Crippen molar-refractivity contribution in [3.63, 3.8) is 0 Å². The number of carbonyl (C=O) groups is 1. The maximum absolute atomic E-state index is 13.1. The van der Waals surface area contributed by atoms with Crippen LogP contribution in [0.1, 0.15) is 53.0 Å². The van der Waals surface area contributed by atoms with Crippen molar-refractivity contribution >= 4 is 27.3 Å². The molecule has 134 valence electrons. The van der Waals surface area contributed by atoms with Crippen molar-refractivity contribution < 1.29 is 13.2 Å². The lowest BCUT2D eigenvalue weighted by Crippen LogP contribution is -2.47. The molecule has 0 radical (unpaired) electrons. The molecule has 8 heteroatoms. The second kappa shape index (κ2) is 6.38. The summed E-state index contributed by atoms with van der Waals surface area (Å²) in [5, 5.41) is 0.980. The summed E-state index contributed by atoms with van der Waals surface area (Å²) in [5.74, 6) is 0.540. The van der Waals surface area contributed by atoms with E-state index in [1.807, 2.05) is 11.8 Å². The maximum Gasteiger partial charge on any atom is 0.266 e. The van der Waals surface area contributed by atoms with Crippen LogP contribution in [0.15, 0.2) is 0 Å². The average Bonchev–Trinajstić information content (AvgIpc) is 2.68. The Bertz CT molecular complexity index is 742. The maximum atomic E-state index is 13.1. The van der Waals surface area contributed by atoms with Crippen molar-refractivity contribution in [1.82, 2.24) is 14.2 Å². The van der Waals surface area contributed by atoms with Gasteiger partial charge in [0, 0.05) is 31.6 Å². The zero-order valence-electron chi connectivity index (χ0n) is 14.7. The molecule has 3 saturated heterocycles. The average molecular weight is 372 g/mol. The molecule has 0 unspecified atom stereocenters. The first-order chi connectivity index (χ1) is 11.2. The molecule has 1 aromatic rings. The van der Waals surface area contributed by atoms with Crippen molar-refractivity contribution in [3.8, 4) is 0 Å². The Hall–Kier alpha value is -0.990. The van der Waals surface area contributed by atoms with Crippen LogP contribution in [-0.2, 0) is 10.0 Å². The van der Waals surface area contributed by atoms with Crippen molar-refractivity contribution in [2.24, 2.45) is 5.92 Å². The van der Waals surface area contributed by atoms with E-state index < -0.39 is 10.0 Å². The van der Waals surface area contributed by atoms with E-state index in [0.29, 0.717) is 30.4 Å². The number of sulfonamides is 1. The predicted octanol–water partition coefficient (Wildman–Crippen LogP) is 2.07. The summed E-state index contributed by atoms with van der Waals surface area (Å²) in [7, 11) is -3.22. The quantitative estimate of drug-likeness (QED) is 0.815. The number of fused-ring (bicyclic) bond motifs is 4. The molecule has 1 aromatic heterocycles. The highest BCUT2D eigenvalue weighted by Crippen LogP contribution is 2.32. The van der Waals surface area contributed by atoms with E-state index in [1.54, 1.807) is 4.31 Å². The van der Waals surface area contributed by atoms with Gasteiger partial charge >= 0.3 is 0 Å². The number of hydrogen-bond acceptors (Lipinski definition) is 5. The van der Waals surface area contributed by atoms with Crippen molar-refractivity contribution in [3.05, 3.63) is 15.6 Å². The molecule has 3 fully saturated rings. The van der Waals surface area contributed by atoms with E-state index >= 15 is 0 Å². The van der Waals surface area contributed by atoms with Crippen LogP contribution in [0.3, 0.4) is 0 Å². The van der Waals surface area contributed by atoms with Gasteiger partial charge in [-0.25, -0.2) is 13.4 Å². The minimum Gasteiger partial charge on any atom is -0.333 e. The third kappa shape index (κ3) is 3.36. The first kappa shape index (κ1) is 17.8. The summed E-state index contributed by atoms with van der Waals surface area (Å²) >= 11 is 1.48. The van der Waals surface area contributed by atoms with E-state index in [2.05, 4.69) is 18.8 Å². The van der Waals surface area contributed by atoms with Gasteiger partial charge in [-0.2, -0.15) is 4.31 Å². The van der Waals surface area contributed by atoms with E-state index in [9.17, 15) is 13.2 Å². The molecule has 0 aliphatic carbocycles. The molecule has 2 bridgehead atoms. The van der Waals surface area contributed by atoms with Gasteiger partial charge in [-0.1, -0.05) is 13.8 Å². The lowest BCUT2D eigenvalue weighted by molar-refractivity contribution is 0.0593. The number of aryl methyl sites for hydroxylation is 1. The number of thiazole rings is 1. The Balaban J connectivity index is 1.86. The SMILES string of the molecule is Cc1nc(C(C)C)sc1C(=O)N1C[C@@H]2CC[C@H]1CN(S(C)(=O)=O)C2. The molecule has 0 spiro atoms. The van der Waals surface area contributed by atoms with Gasteiger partial charge in [-0.3, -0.25) is 4.79 Å². The van der Waals surface area contributed by atoms with Crippen LogP contribution in [0.4, 0.5) is 0 Å². The molecule has 1 amide bonds. The standard InChI is InChI=1S/C16H25N3O3S2/c1-10(2)15-17-11(3)14(23-15)16(20)19-8-12-5-6-13(19)9-18(7-12)24(4,21)22/h10,12-13H,5-9H2,1-4H3/t12-,13+/m1/s1. The number of piperidine rings is 1. The first-order valence-electron chi connectivity index (χ1n) is 8.40. The highest BCUT2D eigenvalue weighted by molar-refractivity contribution is 7.88. The number of hydrogen-bond donors (Lipinski definition) is 0. The van der Waals surface area contributed by atoms with Crippen LogP contribution in [0.5, 0.6) is 0 Å². The molecular weight excluding hydrogens is 346 g/mol. The number of nitrogens with zero attached hydrogens (tertiary/aromatic N) is 3. The lowest BCUT2D eigenvalue weighted by Gasteiger charge is -2.36. The largest absolute Gasteiger partial charge is 0.333 e. The van der Waals surface area contributed by atoms with Crippen molar-refractivity contribution in [2.75, 3.05) is 25.9 Å². The van der Waals surface area contributed by atoms with Gasteiger partial charge in [0.15, 0.2) is 0 Å². The molecule has 6 nitrogen and oxygen atoms in total. The van der Waals surface area contributed by atoms with Crippen LogP contribution >= 0.6 is 11.3 Å². The predicted molar refractivity (Wildman–Crippen MR) is 94.9 cm³/mol. The smallest absolute Gasteiger partial charge is 0.266 e. The third-order valence-corrected chi connectivity index (χ3v) is 7.59. The van der Waals surface area contributed by atoms with Gasteiger partial charge in [0.2, 0.25) is 10.0 Å². The first-order valence-corrected chi connectivity index (χ1v) is 11.1. The molecule has 0 saturated carbocycles. The van der Waals surface area contributed by atoms with Crippen molar-refractivity contribution in [1.29, 1.82) is 0 Å². The minimum absolute atomic E-state index is 0.0157. The molecule has 4 heterocycles. The van der Waals surface area contributed by atoms with Gasteiger partial charge in [0.25, 0.3) is 5.91 Å².